The summed E-state index contributed by atoms with van der Waals surface area (Å²) in [7, 11) is 0. The highest BCUT2D eigenvalue weighted by atomic mass is 16.5. The van der Waals surface area contributed by atoms with Gasteiger partial charge in [-0.25, -0.2) is 0 Å². The van der Waals surface area contributed by atoms with Crippen LogP contribution in [-0.2, 0) is 16.0 Å². The maximum Gasteiger partial charge on any atom is 0.309 e. The van der Waals surface area contributed by atoms with E-state index in [-0.39, 0.29) is 17.3 Å². The molecule has 1 aromatic rings. The maximum absolute atomic E-state index is 12.6. The number of benzene rings is 1. The predicted octanol–water partition coefficient (Wildman–Crippen LogP) is 4.82. The van der Waals surface area contributed by atoms with E-state index in [1.807, 2.05) is 12.1 Å². The van der Waals surface area contributed by atoms with Gasteiger partial charge in [0.25, 0.3) is 0 Å². The molecular formula is C22H30O3. The van der Waals surface area contributed by atoms with Crippen LogP contribution >= 0.6 is 0 Å². The Morgan fingerprint density at radius 2 is 2.12 bits per heavy atom. The van der Waals surface area contributed by atoms with Crippen LogP contribution in [0.15, 0.2) is 18.2 Å². The number of phenolic OH excluding ortho intramolecular Hbond substituents is 1. The van der Waals surface area contributed by atoms with Gasteiger partial charge in [-0.05, 0) is 91.4 Å². The van der Waals surface area contributed by atoms with Crippen LogP contribution in [0.1, 0.15) is 69.4 Å². The standard InChI is InChI=1S/C22H30O3/c1-3-12-25-21(24)20-9-8-19-18-6-4-14-13-15(23)5-7-16(14)17(18)10-11-22(19,20)2/h5,7,13,17-20,23H,3-4,6,8-12H2,1-2H3/t17-,18-,19+,20-,22+/m1/s1. The Bertz CT molecular complexity index is 667. The van der Waals surface area contributed by atoms with Crippen molar-refractivity contribution < 1.29 is 14.6 Å². The summed E-state index contributed by atoms with van der Waals surface area (Å²) in [6.45, 7) is 4.96. The maximum atomic E-state index is 12.6. The summed E-state index contributed by atoms with van der Waals surface area (Å²) < 4.78 is 5.53. The molecule has 0 heterocycles. The molecule has 25 heavy (non-hydrogen) atoms. The molecule has 3 heteroatoms. The average Bonchev–Trinajstić information content (AvgIpc) is 2.96. The molecule has 5 atom stereocenters. The Morgan fingerprint density at radius 3 is 2.92 bits per heavy atom. The molecule has 0 amide bonds. The number of aryl methyl sites for hydroxylation is 1. The molecule has 136 valence electrons. The molecule has 2 saturated carbocycles. The second kappa shape index (κ2) is 6.34. The molecule has 1 N–H and O–H groups in total. The van der Waals surface area contributed by atoms with Gasteiger partial charge in [0.2, 0.25) is 0 Å². The third-order valence-electron chi connectivity index (χ3n) is 7.44. The molecule has 0 saturated heterocycles. The number of aromatic hydroxyl groups is 1. The first-order chi connectivity index (χ1) is 12.0. The molecule has 0 spiro atoms. The molecule has 1 aromatic carbocycles. The number of hydrogen-bond donors (Lipinski definition) is 1. The summed E-state index contributed by atoms with van der Waals surface area (Å²) in [4.78, 5) is 12.6. The Morgan fingerprint density at radius 1 is 1.28 bits per heavy atom. The third-order valence-corrected chi connectivity index (χ3v) is 7.44. The van der Waals surface area contributed by atoms with Crippen LogP contribution in [0.25, 0.3) is 0 Å². The number of carbonyl (C=O) groups excluding carboxylic acids is 1. The van der Waals surface area contributed by atoms with Crippen LogP contribution in [-0.4, -0.2) is 17.7 Å². The molecule has 4 rings (SSSR count). The zero-order chi connectivity index (χ0) is 17.6. The minimum absolute atomic E-state index is 0.0476. The van der Waals surface area contributed by atoms with E-state index in [4.69, 9.17) is 4.74 Å². The first-order valence-electron chi connectivity index (χ1n) is 10.0. The topological polar surface area (TPSA) is 46.5 Å². The van der Waals surface area contributed by atoms with Crippen molar-refractivity contribution in [3.05, 3.63) is 29.3 Å². The molecule has 3 aliphatic rings. The molecule has 2 fully saturated rings. The fourth-order valence-electron chi connectivity index (χ4n) is 6.26. The van der Waals surface area contributed by atoms with Gasteiger partial charge in [0, 0.05) is 0 Å². The number of phenols is 1. The minimum Gasteiger partial charge on any atom is -0.508 e. The lowest BCUT2D eigenvalue weighted by Crippen LogP contribution is -2.44. The molecule has 0 bridgehead atoms. The van der Waals surface area contributed by atoms with Crippen molar-refractivity contribution in [1.82, 2.24) is 0 Å². The van der Waals surface area contributed by atoms with Crippen molar-refractivity contribution in [2.45, 2.75) is 64.7 Å². The largest absolute Gasteiger partial charge is 0.508 e. The fraction of sp³-hybridized carbons (Fsp3) is 0.682. The van der Waals surface area contributed by atoms with Crippen LogP contribution in [0.4, 0.5) is 0 Å². The van der Waals surface area contributed by atoms with E-state index in [0.29, 0.717) is 30.1 Å². The highest BCUT2D eigenvalue weighted by Gasteiger charge is 2.57. The Labute approximate surface area is 150 Å². The smallest absolute Gasteiger partial charge is 0.309 e. The summed E-state index contributed by atoms with van der Waals surface area (Å²) in [5.41, 5.74) is 2.90. The van der Waals surface area contributed by atoms with E-state index in [0.717, 1.165) is 38.5 Å². The van der Waals surface area contributed by atoms with Gasteiger partial charge in [0.1, 0.15) is 5.75 Å². The van der Waals surface area contributed by atoms with Gasteiger partial charge >= 0.3 is 5.97 Å². The lowest BCUT2D eigenvalue weighted by atomic mass is 9.54. The van der Waals surface area contributed by atoms with Gasteiger partial charge in [0.15, 0.2) is 0 Å². The van der Waals surface area contributed by atoms with Crippen molar-refractivity contribution in [1.29, 1.82) is 0 Å². The van der Waals surface area contributed by atoms with Gasteiger partial charge in [0.05, 0.1) is 12.5 Å². The van der Waals surface area contributed by atoms with E-state index in [1.165, 1.54) is 17.5 Å². The number of rotatable bonds is 3. The second-order valence-corrected chi connectivity index (χ2v) is 8.64. The van der Waals surface area contributed by atoms with Crippen molar-refractivity contribution in [3.8, 4) is 5.75 Å². The zero-order valence-electron chi connectivity index (χ0n) is 15.5. The quantitative estimate of drug-likeness (QED) is 0.801. The van der Waals surface area contributed by atoms with Gasteiger partial charge in [-0.2, -0.15) is 0 Å². The number of carbonyl (C=O) groups is 1. The normalized spacial score (nSPS) is 36.2. The summed E-state index contributed by atoms with van der Waals surface area (Å²) >= 11 is 0. The number of ether oxygens (including phenoxy) is 1. The fourth-order valence-corrected chi connectivity index (χ4v) is 6.26. The number of esters is 1. The van der Waals surface area contributed by atoms with E-state index >= 15 is 0 Å². The van der Waals surface area contributed by atoms with Crippen molar-refractivity contribution >= 4 is 5.97 Å². The lowest BCUT2D eigenvalue weighted by molar-refractivity contribution is -0.154. The summed E-state index contributed by atoms with van der Waals surface area (Å²) in [6.07, 6.45) is 7.58. The van der Waals surface area contributed by atoms with Gasteiger partial charge in [-0.15, -0.1) is 0 Å². The first-order valence-corrected chi connectivity index (χ1v) is 10.0. The first kappa shape index (κ1) is 16.9. The monoisotopic (exact) mass is 342 g/mol. The van der Waals surface area contributed by atoms with E-state index < -0.39 is 0 Å². The summed E-state index contributed by atoms with van der Waals surface area (Å²) in [6, 6.07) is 5.94. The van der Waals surface area contributed by atoms with Crippen molar-refractivity contribution in [3.63, 3.8) is 0 Å². The molecular weight excluding hydrogens is 312 g/mol. The summed E-state index contributed by atoms with van der Waals surface area (Å²) in [5.74, 6) is 2.44. The van der Waals surface area contributed by atoms with Crippen LogP contribution in [0.5, 0.6) is 5.75 Å². The van der Waals surface area contributed by atoms with Gasteiger partial charge in [-0.1, -0.05) is 19.9 Å². The molecule has 0 aromatic heterocycles. The minimum atomic E-state index is 0.0476. The highest BCUT2D eigenvalue weighted by Crippen LogP contribution is 2.63. The molecule has 0 radical (unpaired) electrons. The van der Waals surface area contributed by atoms with Crippen LogP contribution in [0, 0.1) is 23.2 Å². The Hall–Kier alpha value is -1.51. The highest BCUT2D eigenvalue weighted by molar-refractivity contribution is 5.74. The Kier molecular flexibility index (Phi) is 4.29. The molecule has 3 nitrogen and oxygen atoms in total. The van der Waals surface area contributed by atoms with Crippen LogP contribution in [0.2, 0.25) is 0 Å². The SMILES string of the molecule is CCCOC(=O)[C@H]1CC[C@H]2[C@@H]3CCc4cc(O)ccc4[C@H]3CC[C@]12C. The number of fused-ring (bicyclic) bond motifs is 5. The predicted molar refractivity (Wildman–Crippen MR) is 97.5 cm³/mol. The lowest BCUT2D eigenvalue weighted by Gasteiger charge is -2.50. The van der Waals surface area contributed by atoms with E-state index in [9.17, 15) is 9.90 Å². The zero-order valence-corrected chi connectivity index (χ0v) is 15.5. The second-order valence-electron chi connectivity index (χ2n) is 8.64. The number of hydrogen-bond acceptors (Lipinski definition) is 3. The van der Waals surface area contributed by atoms with Crippen LogP contribution < -0.4 is 0 Å². The van der Waals surface area contributed by atoms with E-state index in [1.54, 1.807) is 0 Å². The molecule has 0 aliphatic heterocycles. The van der Waals surface area contributed by atoms with Gasteiger partial charge in [-0.3, -0.25) is 4.79 Å². The average molecular weight is 342 g/mol. The van der Waals surface area contributed by atoms with Gasteiger partial charge < -0.3 is 9.84 Å². The van der Waals surface area contributed by atoms with Crippen LogP contribution in [0.3, 0.4) is 0 Å². The summed E-state index contributed by atoms with van der Waals surface area (Å²) in [5, 5.41) is 9.79. The third kappa shape index (κ3) is 2.67. The van der Waals surface area contributed by atoms with Crippen molar-refractivity contribution in [2.24, 2.45) is 23.2 Å². The van der Waals surface area contributed by atoms with E-state index in [2.05, 4.69) is 19.9 Å². The molecule has 0 unspecified atom stereocenters. The molecule has 3 aliphatic carbocycles. The Balaban J connectivity index is 1.58. The van der Waals surface area contributed by atoms with Crippen molar-refractivity contribution in [2.75, 3.05) is 6.61 Å².